The third-order valence-electron chi connectivity index (χ3n) is 5.67. The molecule has 1 unspecified atom stereocenters. The van der Waals surface area contributed by atoms with E-state index in [1.165, 1.54) is 24.0 Å². The molecular formula is C21H28N4O2. The summed E-state index contributed by atoms with van der Waals surface area (Å²) in [6.07, 6.45) is 6.52. The van der Waals surface area contributed by atoms with Crippen molar-refractivity contribution in [2.75, 3.05) is 18.4 Å². The smallest absolute Gasteiger partial charge is 0.321 e. The Bertz CT molecular complexity index is 814. The lowest BCUT2D eigenvalue weighted by molar-refractivity contribution is 0.184. The molecule has 0 saturated carbocycles. The molecule has 1 aliphatic heterocycles. The standard InChI is InChI=1S/C21H28N4O2/c1-14(2)19-23-20(27-24-19)16-9-6-12-25(13-16)21(26)22-18-11-5-8-15-7-3-4-10-17(15)18/h5,8,11,14,16H,3-4,6-7,9-10,12-13H2,1-2H3,(H,22,26). The molecule has 0 bridgehead atoms. The van der Waals surface area contributed by atoms with Crippen LogP contribution in [0, 0.1) is 0 Å². The number of benzene rings is 1. The number of rotatable bonds is 3. The monoisotopic (exact) mass is 368 g/mol. The van der Waals surface area contributed by atoms with E-state index in [2.05, 4.69) is 35.4 Å². The third-order valence-corrected chi connectivity index (χ3v) is 5.67. The largest absolute Gasteiger partial charge is 0.339 e. The number of piperidine rings is 1. The molecule has 0 spiro atoms. The van der Waals surface area contributed by atoms with Crippen LogP contribution in [-0.4, -0.2) is 34.2 Å². The van der Waals surface area contributed by atoms with Crippen molar-refractivity contribution >= 4 is 11.7 Å². The van der Waals surface area contributed by atoms with Crippen molar-refractivity contribution in [3.63, 3.8) is 0 Å². The Kier molecular flexibility index (Phi) is 5.14. The van der Waals surface area contributed by atoms with Crippen LogP contribution in [0.4, 0.5) is 10.5 Å². The summed E-state index contributed by atoms with van der Waals surface area (Å²) in [6.45, 7) is 5.49. The van der Waals surface area contributed by atoms with Crippen LogP contribution in [0.2, 0.25) is 0 Å². The van der Waals surface area contributed by atoms with E-state index in [1.807, 2.05) is 17.0 Å². The highest BCUT2D eigenvalue weighted by atomic mass is 16.5. The molecule has 1 atom stereocenters. The topological polar surface area (TPSA) is 71.3 Å². The molecule has 2 heterocycles. The maximum atomic E-state index is 12.9. The van der Waals surface area contributed by atoms with Crippen LogP contribution in [0.3, 0.4) is 0 Å². The van der Waals surface area contributed by atoms with Crippen molar-refractivity contribution in [3.05, 3.63) is 41.0 Å². The summed E-state index contributed by atoms with van der Waals surface area (Å²) in [5.41, 5.74) is 3.66. The Labute approximate surface area is 160 Å². The van der Waals surface area contributed by atoms with Crippen molar-refractivity contribution in [3.8, 4) is 0 Å². The van der Waals surface area contributed by atoms with Gasteiger partial charge in [0, 0.05) is 24.7 Å². The Morgan fingerprint density at radius 2 is 2.11 bits per heavy atom. The number of fused-ring (bicyclic) bond motifs is 1. The van der Waals surface area contributed by atoms with Crippen molar-refractivity contribution in [1.29, 1.82) is 0 Å². The molecule has 2 aromatic rings. The zero-order valence-corrected chi connectivity index (χ0v) is 16.2. The van der Waals surface area contributed by atoms with E-state index in [0.29, 0.717) is 12.4 Å². The highest BCUT2D eigenvalue weighted by Crippen LogP contribution is 2.30. The number of nitrogens with one attached hydrogen (secondary N) is 1. The lowest BCUT2D eigenvalue weighted by Crippen LogP contribution is -2.41. The first-order valence-corrected chi connectivity index (χ1v) is 10.1. The van der Waals surface area contributed by atoms with E-state index in [4.69, 9.17) is 4.52 Å². The molecule has 1 aromatic heterocycles. The zero-order valence-electron chi connectivity index (χ0n) is 16.2. The number of carbonyl (C=O) groups excluding carboxylic acids is 1. The normalized spacial score (nSPS) is 19.8. The molecule has 1 N–H and O–H groups in total. The zero-order chi connectivity index (χ0) is 18.8. The molecule has 1 saturated heterocycles. The van der Waals surface area contributed by atoms with Crippen LogP contribution in [0.25, 0.3) is 0 Å². The minimum Gasteiger partial charge on any atom is -0.339 e. The van der Waals surface area contributed by atoms with E-state index in [0.717, 1.165) is 43.7 Å². The average Bonchev–Trinajstić information content (AvgIpc) is 3.19. The summed E-state index contributed by atoms with van der Waals surface area (Å²) >= 11 is 0. The van der Waals surface area contributed by atoms with Crippen molar-refractivity contribution in [2.45, 2.75) is 64.2 Å². The molecule has 1 aliphatic carbocycles. The van der Waals surface area contributed by atoms with Crippen molar-refractivity contribution < 1.29 is 9.32 Å². The number of amides is 2. The van der Waals surface area contributed by atoms with Gasteiger partial charge in [-0.25, -0.2) is 4.79 Å². The first kappa shape index (κ1) is 18.0. The summed E-state index contributed by atoms with van der Waals surface area (Å²) in [7, 11) is 0. The van der Waals surface area contributed by atoms with Gasteiger partial charge in [0.1, 0.15) is 0 Å². The van der Waals surface area contributed by atoms with Gasteiger partial charge in [-0.3, -0.25) is 0 Å². The summed E-state index contributed by atoms with van der Waals surface area (Å²) in [6, 6.07) is 6.23. The molecule has 6 nitrogen and oxygen atoms in total. The lowest BCUT2D eigenvalue weighted by atomic mass is 9.90. The number of nitrogens with zero attached hydrogens (tertiary/aromatic N) is 3. The maximum Gasteiger partial charge on any atom is 0.321 e. The first-order valence-electron chi connectivity index (χ1n) is 10.1. The van der Waals surface area contributed by atoms with Gasteiger partial charge in [0.05, 0.1) is 5.92 Å². The van der Waals surface area contributed by atoms with E-state index >= 15 is 0 Å². The quantitative estimate of drug-likeness (QED) is 0.867. The summed E-state index contributed by atoms with van der Waals surface area (Å²) in [5.74, 6) is 1.76. The molecule has 2 amide bonds. The number of urea groups is 1. The Morgan fingerprint density at radius 1 is 1.26 bits per heavy atom. The summed E-state index contributed by atoms with van der Waals surface area (Å²) < 4.78 is 5.47. The SMILES string of the molecule is CC(C)c1noc(C2CCCN(C(=O)Nc3cccc4c3CCCC4)C2)n1. The van der Waals surface area contributed by atoms with E-state index in [1.54, 1.807) is 0 Å². The highest BCUT2D eigenvalue weighted by molar-refractivity contribution is 5.90. The molecule has 1 fully saturated rings. The predicted molar refractivity (Wildman–Crippen MR) is 104 cm³/mol. The average molecular weight is 368 g/mol. The van der Waals surface area contributed by atoms with Gasteiger partial charge in [0.15, 0.2) is 5.82 Å². The predicted octanol–water partition coefficient (Wildman–Crippen LogP) is 4.48. The van der Waals surface area contributed by atoms with Gasteiger partial charge in [0.2, 0.25) is 5.89 Å². The Hall–Kier alpha value is -2.37. The number of hydrogen-bond donors (Lipinski definition) is 1. The second kappa shape index (κ2) is 7.71. The molecule has 144 valence electrons. The van der Waals surface area contributed by atoms with E-state index in [9.17, 15) is 4.79 Å². The van der Waals surface area contributed by atoms with Crippen LogP contribution in [-0.2, 0) is 12.8 Å². The van der Waals surface area contributed by atoms with Gasteiger partial charge >= 0.3 is 6.03 Å². The fourth-order valence-electron chi connectivity index (χ4n) is 4.10. The number of aryl methyl sites for hydroxylation is 1. The number of hydrogen-bond acceptors (Lipinski definition) is 4. The second-order valence-corrected chi connectivity index (χ2v) is 8.01. The fourth-order valence-corrected chi connectivity index (χ4v) is 4.10. The van der Waals surface area contributed by atoms with Crippen LogP contribution in [0.5, 0.6) is 0 Å². The molecule has 6 heteroatoms. The third kappa shape index (κ3) is 3.84. The fraction of sp³-hybridized carbons (Fsp3) is 0.571. The summed E-state index contributed by atoms with van der Waals surface area (Å²) in [5, 5.41) is 7.23. The molecule has 0 radical (unpaired) electrons. The van der Waals surface area contributed by atoms with E-state index < -0.39 is 0 Å². The lowest BCUT2D eigenvalue weighted by Gasteiger charge is -2.31. The van der Waals surface area contributed by atoms with Gasteiger partial charge in [-0.05, 0) is 55.7 Å². The van der Waals surface area contributed by atoms with Crippen LogP contribution in [0.1, 0.15) is 74.2 Å². The van der Waals surface area contributed by atoms with Crippen LogP contribution < -0.4 is 5.32 Å². The minimum atomic E-state index is -0.0257. The van der Waals surface area contributed by atoms with Crippen molar-refractivity contribution in [1.82, 2.24) is 15.0 Å². The van der Waals surface area contributed by atoms with Gasteiger partial charge in [-0.1, -0.05) is 31.1 Å². The number of likely N-dealkylation sites (tertiary alicyclic amines) is 1. The van der Waals surface area contributed by atoms with Gasteiger partial charge in [0.25, 0.3) is 0 Å². The Balaban J connectivity index is 1.44. The molecule has 4 rings (SSSR count). The summed E-state index contributed by atoms with van der Waals surface area (Å²) in [4.78, 5) is 19.3. The second-order valence-electron chi connectivity index (χ2n) is 8.01. The molecule has 2 aliphatic rings. The molecule has 27 heavy (non-hydrogen) atoms. The van der Waals surface area contributed by atoms with Gasteiger partial charge in [-0.2, -0.15) is 4.98 Å². The van der Waals surface area contributed by atoms with Gasteiger partial charge < -0.3 is 14.7 Å². The van der Waals surface area contributed by atoms with Crippen LogP contribution in [0.15, 0.2) is 22.7 Å². The highest BCUT2D eigenvalue weighted by Gasteiger charge is 2.29. The number of anilines is 1. The minimum absolute atomic E-state index is 0.0257. The van der Waals surface area contributed by atoms with E-state index in [-0.39, 0.29) is 17.9 Å². The van der Waals surface area contributed by atoms with Gasteiger partial charge in [-0.15, -0.1) is 0 Å². The molecular weight excluding hydrogens is 340 g/mol. The molecule has 1 aromatic carbocycles. The maximum absolute atomic E-state index is 12.9. The van der Waals surface area contributed by atoms with Crippen molar-refractivity contribution in [2.24, 2.45) is 0 Å². The Morgan fingerprint density at radius 3 is 2.93 bits per heavy atom. The first-order chi connectivity index (χ1) is 13.1. The van der Waals surface area contributed by atoms with Crippen LogP contribution >= 0.6 is 0 Å². The number of aromatic nitrogens is 2. The number of carbonyl (C=O) groups is 1.